The van der Waals surface area contributed by atoms with Crippen molar-refractivity contribution in [2.45, 2.75) is 27.2 Å². The number of rotatable bonds is 5. The number of hydrogen-bond acceptors (Lipinski definition) is 2. The van der Waals surface area contributed by atoms with Crippen molar-refractivity contribution in [1.82, 2.24) is 0 Å². The summed E-state index contributed by atoms with van der Waals surface area (Å²) in [5.41, 5.74) is 3.36. The number of aryl methyl sites for hydroxylation is 2. The Morgan fingerprint density at radius 1 is 1.12 bits per heavy atom. The van der Waals surface area contributed by atoms with Crippen molar-refractivity contribution in [2.75, 3.05) is 16.8 Å². The van der Waals surface area contributed by atoms with Gasteiger partial charge in [0.25, 0.3) is 0 Å². The quantitative estimate of drug-likeness (QED) is 0.807. The molecule has 0 unspecified atom stereocenters. The second-order valence-corrected chi connectivity index (χ2v) is 6.53. The molecule has 2 rings (SSSR count). The lowest BCUT2D eigenvalue weighted by atomic mass is 10.1. The zero-order valence-corrected chi connectivity index (χ0v) is 15.9. The molecule has 0 aromatic heterocycles. The highest BCUT2D eigenvalue weighted by atomic mass is 35.5. The fraction of sp³-hybridized carbons (Fsp3) is 0.263. The maximum absolute atomic E-state index is 12.5. The number of anilines is 2. The van der Waals surface area contributed by atoms with Crippen LogP contribution in [-0.2, 0) is 16.0 Å². The van der Waals surface area contributed by atoms with Gasteiger partial charge in [0.2, 0.25) is 11.8 Å². The SMILES string of the molecule is CCc1cccc(C)c1NC(=O)CN(C(C)=O)c1ccc(Cl)c(Cl)c1. The molecule has 2 aromatic rings. The third kappa shape index (κ3) is 4.74. The minimum absolute atomic E-state index is 0.106. The molecule has 132 valence electrons. The molecular weight excluding hydrogens is 359 g/mol. The normalized spacial score (nSPS) is 10.4. The Bertz CT molecular complexity index is 806. The van der Waals surface area contributed by atoms with Gasteiger partial charge in [0.05, 0.1) is 10.0 Å². The molecule has 0 bridgehead atoms. The third-order valence-electron chi connectivity index (χ3n) is 3.90. The minimum Gasteiger partial charge on any atom is -0.324 e. The highest BCUT2D eigenvalue weighted by molar-refractivity contribution is 6.42. The minimum atomic E-state index is -0.273. The number of carbonyl (C=O) groups excluding carboxylic acids is 2. The predicted octanol–water partition coefficient (Wildman–Crippen LogP) is 4.86. The molecule has 0 saturated carbocycles. The van der Waals surface area contributed by atoms with Crippen molar-refractivity contribution in [2.24, 2.45) is 0 Å². The first-order valence-corrected chi connectivity index (χ1v) is 8.70. The molecule has 1 N–H and O–H groups in total. The number of nitrogens with zero attached hydrogens (tertiary/aromatic N) is 1. The van der Waals surface area contributed by atoms with E-state index in [0.29, 0.717) is 15.7 Å². The molecule has 0 heterocycles. The fourth-order valence-electron chi connectivity index (χ4n) is 2.56. The average molecular weight is 379 g/mol. The first-order valence-electron chi connectivity index (χ1n) is 7.95. The Hall–Kier alpha value is -2.04. The van der Waals surface area contributed by atoms with Gasteiger partial charge in [-0.3, -0.25) is 9.59 Å². The summed E-state index contributed by atoms with van der Waals surface area (Å²) in [5, 5.41) is 3.64. The summed E-state index contributed by atoms with van der Waals surface area (Å²) in [6.07, 6.45) is 0.806. The number of para-hydroxylation sites is 1. The highest BCUT2D eigenvalue weighted by Gasteiger charge is 2.18. The Morgan fingerprint density at radius 2 is 1.84 bits per heavy atom. The van der Waals surface area contributed by atoms with Crippen molar-refractivity contribution in [3.05, 3.63) is 57.6 Å². The van der Waals surface area contributed by atoms with E-state index in [-0.39, 0.29) is 18.4 Å². The van der Waals surface area contributed by atoms with E-state index in [1.807, 2.05) is 32.0 Å². The largest absolute Gasteiger partial charge is 0.324 e. The van der Waals surface area contributed by atoms with Crippen LogP contribution in [0.3, 0.4) is 0 Å². The van der Waals surface area contributed by atoms with Crippen LogP contribution in [0.4, 0.5) is 11.4 Å². The van der Waals surface area contributed by atoms with Gasteiger partial charge >= 0.3 is 0 Å². The van der Waals surface area contributed by atoms with Gasteiger partial charge in [-0.25, -0.2) is 0 Å². The van der Waals surface area contributed by atoms with Crippen molar-refractivity contribution in [3.63, 3.8) is 0 Å². The number of halogens is 2. The first kappa shape index (κ1) is 19.3. The van der Waals surface area contributed by atoms with Crippen LogP contribution in [0.2, 0.25) is 10.0 Å². The topological polar surface area (TPSA) is 49.4 Å². The number of benzene rings is 2. The average Bonchev–Trinajstić information content (AvgIpc) is 2.57. The first-order chi connectivity index (χ1) is 11.8. The van der Waals surface area contributed by atoms with E-state index >= 15 is 0 Å². The molecule has 6 heteroatoms. The lowest BCUT2D eigenvalue weighted by Crippen LogP contribution is -2.36. The second kappa shape index (κ2) is 8.37. The van der Waals surface area contributed by atoms with E-state index in [9.17, 15) is 9.59 Å². The summed E-state index contributed by atoms with van der Waals surface area (Å²) in [5.74, 6) is -0.528. The highest BCUT2D eigenvalue weighted by Crippen LogP contribution is 2.27. The smallest absolute Gasteiger partial charge is 0.244 e. The molecule has 0 aliphatic carbocycles. The zero-order valence-electron chi connectivity index (χ0n) is 14.4. The molecule has 2 amide bonds. The van der Waals surface area contributed by atoms with Gasteiger partial charge in [-0.1, -0.05) is 48.3 Å². The standard InChI is InChI=1S/C19H20Cl2N2O2/c1-4-14-7-5-6-12(2)19(14)22-18(25)11-23(13(3)24)15-8-9-16(20)17(21)10-15/h5-10H,4,11H2,1-3H3,(H,22,25). The van der Waals surface area contributed by atoms with Gasteiger partial charge in [-0.2, -0.15) is 0 Å². The number of hydrogen-bond donors (Lipinski definition) is 1. The maximum Gasteiger partial charge on any atom is 0.244 e. The number of amides is 2. The van der Waals surface area contributed by atoms with Crippen LogP contribution in [0.15, 0.2) is 36.4 Å². The second-order valence-electron chi connectivity index (χ2n) is 5.71. The molecule has 0 aliphatic heterocycles. The molecule has 4 nitrogen and oxygen atoms in total. The van der Waals surface area contributed by atoms with Gasteiger partial charge in [0.1, 0.15) is 6.54 Å². The number of carbonyl (C=O) groups is 2. The summed E-state index contributed by atoms with van der Waals surface area (Å²) in [4.78, 5) is 25.9. The van der Waals surface area contributed by atoms with Crippen LogP contribution >= 0.6 is 23.2 Å². The lowest BCUT2D eigenvalue weighted by molar-refractivity contribution is -0.120. The Balaban J connectivity index is 2.22. The van der Waals surface area contributed by atoms with Gasteiger partial charge in [-0.05, 0) is 42.7 Å². The maximum atomic E-state index is 12.5. The zero-order chi connectivity index (χ0) is 18.6. The number of nitrogens with one attached hydrogen (secondary N) is 1. The van der Waals surface area contributed by atoms with Gasteiger partial charge < -0.3 is 10.2 Å². The van der Waals surface area contributed by atoms with Crippen LogP contribution in [0.1, 0.15) is 25.0 Å². The Labute approximate surface area is 157 Å². The van der Waals surface area contributed by atoms with Crippen molar-refractivity contribution in [1.29, 1.82) is 0 Å². The molecule has 0 atom stereocenters. The summed E-state index contributed by atoms with van der Waals surface area (Å²) < 4.78 is 0. The van der Waals surface area contributed by atoms with Crippen LogP contribution < -0.4 is 10.2 Å². The molecule has 0 aliphatic rings. The van der Waals surface area contributed by atoms with Gasteiger partial charge in [0.15, 0.2) is 0 Å². The summed E-state index contributed by atoms with van der Waals surface area (Å²) in [6.45, 7) is 5.27. The van der Waals surface area contributed by atoms with E-state index in [1.165, 1.54) is 11.8 Å². The fourth-order valence-corrected chi connectivity index (χ4v) is 2.85. The third-order valence-corrected chi connectivity index (χ3v) is 4.64. The molecule has 0 fully saturated rings. The van der Waals surface area contributed by atoms with Gasteiger partial charge in [-0.15, -0.1) is 0 Å². The summed E-state index contributed by atoms with van der Waals surface area (Å²) in [6, 6.07) is 10.7. The molecule has 0 radical (unpaired) electrons. The van der Waals surface area contributed by atoms with Crippen LogP contribution in [0.5, 0.6) is 0 Å². The van der Waals surface area contributed by atoms with E-state index in [2.05, 4.69) is 5.32 Å². The van der Waals surface area contributed by atoms with Crippen LogP contribution in [0.25, 0.3) is 0 Å². The molecule has 25 heavy (non-hydrogen) atoms. The van der Waals surface area contributed by atoms with E-state index < -0.39 is 0 Å². The predicted molar refractivity (Wildman–Crippen MR) is 104 cm³/mol. The molecule has 2 aromatic carbocycles. The molecule has 0 saturated heterocycles. The van der Waals surface area contributed by atoms with E-state index in [0.717, 1.165) is 23.2 Å². The van der Waals surface area contributed by atoms with Crippen LogP contribution in [0, 0.1) is 6.92 Å². The molecule has 0 spiro atoms. The lowest BCUT2D eigenvalue weighted by Gasteiger charge is -2.22. The monoisotopic (exact) mass is 378 g/mol. The van der Waals surface area contributed by atoms with E-state index in [4.69, 9.17) is 23.2 Å². The van der Waals surface area contributed by atoms with Crippen molar-refractivity contribution >= 4 is 46.4 Å². The van der Waals surface area contributed by atoms with E-state index in [1.54, 1.807) is 18.2 Å². The molecular formula is C19H20Cl2N2O2. The van der Waals surface area contributed by atoms with Crippen LogP contribution in [-0.4, -0.2) is 18.4 Å². The Kier molecular flexibility index (Phi) is 6.45. The summed E-state index contributed by atoms with van der Waals surface area (Å²) in [7, 11) is 0. The van der Waals surface area contributed by atoms with Crippen molar-refractivity contribution in [3.8, 4) is 0 Å². The van der Waals surface area contributed by atoms with Crippen molar-refractivity contribution < 1.29 is 9.59 Å². The van der Waals surface area contributed by atoms with Gasteiger partial charge in [0, 0.05) is 18.3 Å². The Morgan fingerprint density at radius 3 is 2.44 bits per heavy atom. The summed E-state index contributed by atoms with van der Waals surface area (Å²) >= 11 is 11.9.